The van der Waals surface area contributed by atoms with Crippen molar-refractivity contribution < 1.29 is 18.6 Å². The second kappa shape index (κ2) is 13.4. The first-order chi connectivity index (χ1) is 21.2. The van der Waals surface area contributed by atoms with Gasteiger partial charge in [-0.2, -0.15) is 9.78 Å². The number of fused-ring (bicyclic) bond motifs is 1. The third kappa shape index (κ3) is 6.53. The van der Waals surface area contributed by atoms with Gasteiger partial charge in [0.2, 0.25) is 0 Å². The Kier molecular flexibility index (Phi) is 9.44. The standard InChI is InChI=1S/C35H33BrFN3O4/c1-6-43-32-16-24(29(36)18-33(32)44-20-23-11-13-25(37)14-12-23)19-38-40-34(39-30-10-8-7-9-26(30)35(40)41)28-17-27(21(2)3)31(42-5)15-22(28)4/h7-19,21H,6,20H2,1-5H3. The number of ether oxygens (including phenoxy) is 3. The van der Waals surface area contributed by atoms with Gasteiger partial charge >= 0.3 is 0 Å². The summed E-state index contributed by atoms with van der Waals surface area (Å²) in [5.74, 6) is 2.12. The molecule has 9 heteroatoms. The minimum Gasteiger partial charge on any atom is -0.496 e. The van der Waals surface area contributed by atoms with Crippen LogP contribution < -0.4 is 19.8 Å². The van der Waals surface area contributed by atoms with Gasteiger partial charge in [-0.3, -0.25) is 4.79 Å². The highest BCUT2D eigenvalue weighted by Gasteiger charge is 2.19. The fourth-order valence-corrected chi connectivity index (χ4v) is 5.29. The highest BCUT2D eigenvalue weighted by Crippen LogP contribution is 2.35. The molecule has 226 valence electrons. The van der Waals surface area contributed by atoms with Crippen molar-refractivity contribution in [2.75, 3.05) is 13.7 Å². The van der Waals surface area contributed by atoms with E-state index in [1.54, 1.807) is 43.7 Å². The van der Waals surface area contributed by atoms with Crippen molar-refractivity contribution >= 4 is 33.0 Å². The Morgan fingerprint density at radius 3 is 2.43 bits per heavy atom. The van der Waals surface area contributed by atoms with Crippen molar-refractivity contribution in [3.8, 4) is 28.6 Å². The molecular weight excluding hydrogens is 625 g/mol. The van der Waals surface area contributed by atoms with Gasteiger partial charge in [0.15, 0.2) is 17.3 Å². The summed E-state index contributed by atoms with van der Waals surface area (Å²) in [5, 5.41) is 5.14. The van der Waals surface area contributed by atoms with Crippen molar-refractivity contribution in [3.05, 3.63) is 116 Å². The van der Waals surface area contributed by atoms with Gasteiger partial charge in [-0.15, -0.1) is 0 Å². The van der Waals surface area contributed by atoms with Crippen molar-refractivity contribution in [2.24, 2.45) is 5.10 Å². The summed E-state index contributed by atoms with van der Waals surface area (Å²) < 4.78 is 32.9. The van der Waals surface area contributed by atoms with Crippen LogP contribution in [0.4, 0.5) is 4.39 Å². The number of nitrogens with zero attached hydrogens (tertiary/aromatic N) is 3. The molecule has 4 aromatic carbocycles. The minimum atomic E-state index is -0.304. The third-order valence-electron chi connectivity index (χ3n) is 7.18. The molecule has 0 aliphatic heterocycles. The fourth-order valence-electron chi connectivity index (χ4n) is 4.86. The third-order valence-corrected chi connectivity index (χ3v) is 7.86. The van der Waals surface area contributed by atoms with E-state index in [1.165, 1.54) is 16.8 Å². The molecule has 0 spiro atoms. The summed E-state index contributed by atoms with van der Waals surface area (Å²) in [4.78, 5) is 18.8. The molecule has 0 amide bonds. The summed E-state index contributed by atoms with van der Waals surface area (Å²) in [5.41, 5.74) is 4.48. The van der Waals surface area contributed by atoms with Crippen LogP contribution in [0.2, 0.25) is 0 Å². The van der Waals surface area contributed by atoms with Crippen LogP contribution in [0.3, 0.4) is 0 Å². The summed E-state index contributed by atoms with van der Waals surface area (Å²) >= 11 is 3.62. The first-order valence-electron chi connectivity index (χ1n) is 14.3. The smallest absolute Gasteiger partial charge is 0.282 e. The molecule has 5 rings (SSSR count). The van der Waals surface area contributed by atoms with E-state index >= 15 is 0 Å². The lowest BCUT2D eigenvalue weighted by molar-refractivity contribution is 0.269. The molecule has 0 N–H and O–H groups in total. The first-order valence-corrected chi connectivity index (χ1v) is 15.1. The summed E-state index contributed by atoms with van der Waals surface area (Å²) in [6, 6.07) is 21.0. The van der Waals surface area contributed by atoms with Crippen LogP contribution >= 0.6 is 15.9 Å². The lowest BCUT2D eigenvalue weighted by Gasteiger charge is -2.17. The van der Waals surface area contributed by atoms with Gasteiger partial charge in [-0.05, 0) is 101 Å². The zero-order valence-electron chi connectivity index (χ0n) is 25.2. The van der Waals surface area contributed by atoms with Crippen LogP contribution in [0.5, 0.6) is 17.2 Å². The number of hydrogen-bond acceptors (Lipinski definition) is 6. The molecule has 44 heavy (non-hydrogen) atoms. The Hall–Kier alpha value is -4.50. The highest BCUT2D eigenvalue weighted by molar-refractivity contribution is 9.10. The van der Waals surface area contributed by atoms with E-state index in [9.17, 15) is 9.18 Å². The van der Waals surface area contributed by atoms with Gasteiger partial charge in [-0.25, -0.2) is 9.37 Å². The second-order valence-electron chi connectivity index (χ2n) is 10.5. The topological polar surface area (TPSA) is 74.9 Å². The van der Waals surface area contributed by atoms with E-state index in [2.05, 4.69) is 34.9 Å². The number of aromatic nitrogens is 2. The number of aryl methyl sites for hydroxylation is 1. The van der Waals surface area contributed by atoms with Crippen molar-refractivity contribution in [3.63, 3.8) is 0 Å². The first kappa shape index (κ1) is 30.9. The highest BCUT2D eigenvalue weighted by atomic mass is 79.9. The Morgan fingerprint density at radius 2 is 1.73 bits per heavy atom. The van der Waals surface area contributed by atoms with Crippen LogP contribution in [0.1, 0.15) is 48.9 Å². The molecule has 0 unspecified atom stereocenters. The van der Waals surface area contributed by atoms with Crippen LogP contribution in [-0.4, -0.2) is 29.6 Å². The van der Waals surface area contributed by atoms with Crippen LogP contribution in [0, 0.1) is 12.7 Å². The lowest BCUT2D eigenvalue weighted by atomic mass is 9.96. The normalized spacial score (nSPS) is 11.5. The maximum atomic E-state index is 13.9. The largest absolute Gasteiger partial charge is 0.496 e. The number of rotatable bonds is 10. The maximum Gasteiger partial charge on any atom is 0.282 e. The Bertz CT molecular complexity index is 1900. The molecule has 0 aliphatic carbocycles. The molecule has 1 aromatic heterocycles. The summed E-state index contributed by atoms with van der Waals surface area (Å²) in [6.45, 7) is 8.69. The average Bonchev–Trinajstić information content (AvgIpc) is 3.01. The summed E-state index contributed by atoms with van der Waals surface area (Å²) in [7, 11) is 1.66. The predicted octanol–water partition coefficient (Wildman–Crippen LogP) is 8.27. The molecule has 0 bridgehead atoms. The van der Waals surface area contributed by atoms with E-state index in [0.29, 0.717) is 44.9 Å². The van der Waals surface area contributed by atoms with E-state index in [0.717, 1.165) is 28.0 Å². The van der Waals surface area contributed by atoms with Gasteiger partial charge in [-0.1, -0.05) is 38.1 Å². The maximum absolute atomic E-state index is 13.9. The zero-order valence-corrected chi connectivity index (χ0v) is 26.8. The van der Waals surface area contributed by atoms with E-state index in [1.807, 2.05) is 44.2 Å². The van der Waals surface area contributed by atoms with Crippen molar-refractivity contribution in [1.29, 1.82) is 0 Å². The van der Waals surface area contributed by atoms with Crippen molar-refractivity contribution in [1.82, 2.24) is 9.66 Å². The van der Waals surface area contributed by atoms with Crippen molar-refractivity contribution in [2.45, 2.75) is 40.2 Å². The zero-order chi connectivity index (χ0) is 31.4. The lowest BCUT2D eigenvalue weighted by Crippen LogP contribution is -2.21. The van der Waals surface area contributed by atoms with Crippen LogP contribution in [0.25, 0.3) is 22.3 Å². The molecule has 0 atom stereocenters. The molecule has 0 fully saturated rings. The number of benzene rings is 4. The Morgan fingerprint density at radius 1 is 1.00 bits per heavy atom. The molecule has 0 radical (unpaired) electrons. The van der Waals surface area contributed by atoms with Gasteiger partial charge in [0.05, 0.1) is 30.8 Å². The molecule has 0 saturated heterocycles. The van der Waals surface area contributed by atoms with E-state index in [4.69, 9.17) is 19.2 Å². The summed E-state index contributed by atoms with van der Waals surface area (Å²) in [6.07, 6.45) is 1.60. The predicted molar refractivity (Wildman–Crippen MR) is 176 cm³/mol. The Balaban J connectivity index is 1.59. The van der Waals surface area contributed by atoms with Crippen LogP contribution in [-0.2, 0) is 6.61 Å². The minimum absolute atomic E-state index is 0.185. The molecule has 0 aliphatic rings. The SMILES string of the molecule is CCOc1cc(C=Nn2c(-c3cc(C(C)C)c(OC)cc3C)nc3ccccc3c2=O)c(Br)cc1OCc1ccc(F)cc1. The van der Waals surface area contributed by atoms with Gasteiger partial charge < -0.3 is 14.2 Å². The quantitative estimate of drug-likeness (QED) is 0.141. The molecule has 5 aromatic rings. The number of halogens is 2. The fraction of sp³-hybridized carbons (Fsp3) is 0.229. The van der Waals surface area contributed by atoms with E-state index < -0.39 is 0 Å². The number of methoxy groups -OCH3 is 1. The van der Waals surface area contributed by atoms with Gasteiger partial charge in [0.25, 0.3) is 5.56 Å². The average molecular weight is 659 g/mol. The van der Waals surface area contributed by atoms with Gasteiger partial charge in [0.1, 0.15) is 18.2 Å². The number of para-hydroxylation sites is 1. The molecule has 1 heterocycles. The van der Waals surface area contributed by atoms with E-state index in [-0.39, 0.29) is 23.9 Å². The second-order valence-corrected chi connectivity index (χ2v) is 11.4. The molecular formula is C35H33BrFN3O4. The Labute approximate surface area is 264 Å². The molecule has 0 saturated carbocycles. The van der Waals surface area contributed by atoms with Gasteiger partial charge in [0, 0.05) is 15.6 Å². The number of hydrogen-bond donors (Lipinski definition) is 0. The molecule has 7 nitrogen and oxygen atoms in total. The monoisotopic (exact) mass is 657 g/mol. The van der Waals surface area contributed by atoms with Crippen LogP contribution in [0.15, 0.2) is 87.2 Å².